The summed E-state index contributed by atoms with van der Waals surface area (Å²) >= 11 is 0. The van der Waals surface area contributed by atoms with Gasteiger partial charge >= 0.3 is 0 Å². The number of ether oxygens (including phenoxy) is 1. The molecule has 1 aromatic heterocycles. The molecule has 1 spiro atoms. The van der Waals surface area contributed by atoms with Crippen LogP contribution in [-0.4, -0.2) is 35.9 Å². The number of pyridine rings is 1. The fraction of sp³-hybridized carbons (Fsp3) is 0.474. The van der Waals surface area contributed by atoms with Crippen molar-refractivity contribution in [3.05, 3.63) is 29.0 Å². The first kappa shape index (κ1) is 14.3. The molecule has 1 aromatic rings. The number of fused-ring (bicyclic) bond motifs is 1. The molecule has 2 heterocycles. The van der Waals surface area contributed by atoms with Crippen molar-refractivity contribution in [2.45, 2.75) is 32.1 Å². The summed E-state index contributed by atoms with van der Waals surface area (Å²) in [6.45, 7) is 1.94. The summed E-state index contributed by atoms with van der Waals surface area (Å²) in [5.41, 5.74) is 3.96. The smallest absolute Gasteiger partial charge is 0.213 e. The van der Waals surface area contributed by atoms with Gasteiger partial charge in [0.25, 0.3) is 0 Å². The van der Waals surface area contributed by atoms with Crippen LogP contribution in [0.2, 0.25) is 0 Å². The van der Waals surface area contributed by atoms with Crippen molar-refractivity contribution in [3.63, 3.8) is 0 Å². The van der Waals surface area contributed by atoms with Crippen molar-refractivity contribution in [1.82, 2.24) is 9.88 Å². The molecule has 118 valence electrons. The van der Waals surface area contributed by atoms with Crippen LogP contribution in [0.5, 0.6) is 5.88 Å². The van der Waals surface area contributed by atoms with Gasteiger partial charge in [-0.25, -0.2) is 4.98 Å². The average Bonchev–Trinajstić information content (AvgIpc) is 3.33. The van der Waals surface area contributed by atoms with Gasteiger partial charge in [-0.3, -0.25) is 4.79 Å². The van der Waals surface area contributed by atoms with Gasteiger partial charge in [-0.05, 0) is 36.7 Å². The van der Waals surface area contributed by atoms with E-state index in [4.69, 9.17) is 11.2 Å². The second kappa shape index (κ2) is 5.13. The van der Waals surface area contributed by atoms with Crippen molar-refractivity contribution >= 4 is 11.5 Å². The van der Waals surface area contributed by atoms with E-state index in [0.29, 0.717) is 23.3 Å². The Morgan fingerprint density at radius 2 is 2.04 bits per heavy atom. The van der Waals surface area contributed by atoms with E-state index < -0.39 is 0 Å². The number of likely N-dealkylation sites (tertiary alicyclic amines) is 1. The van der Waals surface area contributed by atoms with Crippen LogP contribution < -0.4 is 4.74 Å². The third-order valence-corrected chi connectivity index (χ3v) is 5.53. The van der Waals surface area contributed by atoms with Crippen molar-refractivity contribution in [3.8, 4) is 18.2 Å². The van der Waals surface area contributed by atoms with E-state index in [9.17, 15) is 4.79 Å². The molecule has 1 saturated carbocycles. The second-order valence-electron chi connectivity index (χ2n) is 6.84. The maximum atomic E-state index is 12.4. The molecule has 4 nitrogen and oxygen atoms in total. The SMILES string of the molecule is C#CC1=C(N2CCC3(CC2)CC3)c2cc(OC)ncc2CC1=O. The number of nitrogens with zero attached hydrogens (tertiary/aromatic N) is 2. The Hall–Kier alpha value is -2.28. The number of hydrogen-bond donors (Lipinski definition) is 0. The van der Waals surface area contributed by atoms with Gasteiger partial charge in [0.1, 0.15) is 0 Å². The van der Waals surface area contributed by atoms with Gasteiger partial charge < -0.3 is 9.64 Å². The van der Waals surface area contributed by atoms with E-state index >= 15 is 0 Å². The van der Waals surface area contributed by atoms with Crippen molar-refractivity contribution in [2.24, 2.45) is 5.41 Å². The number of aromatic nitrogens is 1. The Morgan fingerprint density at radius 3 is 2.65 bits per heavy atom. The lowest BCUT2D eigenvalue weighted by molar-refractivity contribution is -0.114. The molecule has 0 atom stereocenters. The van der Waals surface area contributed by atoms with Crippen LogP contribution in [-0.2, 0) is 11.2 Å². The Labute approximate surface area is 136 Å². The largest absolute Gasteiger partial charge is 0.481 e. The van der Waals surface area contributed by atoms with Gasteiger partial charge in [-0.2, -0.15) is 0 Å². The molecule has 4 rings (SSSR count). The topological polar surface area (TPSA) is 42.4 Å². The van der Waals surface area contributed by atoms with Gasteiger partial charge in [0.2, 0.25) is 5.88 Å². The molecule has 3 aliphatic rings. The Kier molecular flexibility index (Phi) is 3.19. The van der Waals surface area contributed by atoms with E-state index in [0.717, 1.165) is 29.9 Å². The van der Waals surface area contributed by atoms with Crippen molar-refractivity contribution in [2.75, 3.05) is 20.2 Å². The number of terminal acetylenes is 1. The zero-order chi connectivity index (χ0) is 16.0. The summed E-state index contributed by atoms with van der Waals surface area (Å²) in [4.78, 5) is 19.0. The number of allylic oxidation sites excluding steroid dienone is 1. The minimum atomic E-state index is 0.0219. The van der Waals surface area contributed by atoms with Crippen molar-refractivity contribution < 1.29 is 9.53 Å². The summed E-state index contributed by atoms with van der Waals surface area (Å²) in [6.07, 6.45) is 12.9. The Morgan fingerprint density at radius 1 is 1.30 bits per heavy atom. The number of ketones is 1. The van der Waals surface area contributed by atoms with Crippen LogP contribution in [0, 0.1) is 17.8 Å². The standard InChI is InChI=1S/C19H20N2O2/c1-3-14-16(22)10-13-12-20-17(23-2)11-15(13)18(14)21-8-6-19(4-5-19)7-9-21/h1,11-12H,4-10H2,2H3. The number of piperidine rings is 1. The van der Waals surface area contributed by atoms with E-state index in [2.05, 4.69) is 15.8 Å². The molecule has 23 heavy (non-hydrogen) atoms. The lowest BCUT2D eigenvalue weighted by atomic mass is 9.86. The molecule has 2 aliphatic carbocycles. The minimum Gasteiger partial charge on any atom is -0.481 e. The van der Waals surface area contributed by atoms with Gasteiger partial charge in [-0.15, -0.1) is 6.42 Å². The third kappa shape index (κ3) is 2.31. The molecular weight excluding hydrogens is 288 g/mol. The van der Waals surface area contributed by atoms with Gasteiger partial charge in [0.15, 0.2) is 5.78 Å². The zero-order valence-corrected chi connectivity index (χ0v) is 13.4. The van der Waals surface area contributed by atoms with Gasteiger partial charge in [0.05, 0.1) is 18.4 Å². The third-order valence-electron chi connectivity index (χ3n) is 5.53. The molecule has 0 N–H and O–H groups in total. The summed E-state index contributed by atoms with van der Waals surface area (Å²) in [5.74, 6) is 3.22. The first-order chi connectivity index (χ1) is 11.2. The maximum Gasteiger partial charge on any atom is 0.213 e. The predicted octanol–water partition coefficient (Wildman–Crippen LogP) is 2.44. The second-order valence-corrected chi connectivity index (χ2v) is 6.84. The normalized spacial score (nSPS) is 21.9. The number of carbonyl (C=O) groups is 1. The van der Waals surface area contributed by atoms with Crippen LogP contribution in [0.3, 0.4) is 0 Å². The highest BCUT2D eigenvalue weighted by atomic mass is 16.5. The van der Waals surface area contributed by atoms with Crippen LogP contribution >= 0.6 is 0 Å². The summed E-state index contributed by atoms with van der Waals surface area (Å²) in [6, 6.07) is 1.91. The molecule has 0 radical (unpaired) electrons. The zero-order valence-electron chi connectivity index (χ0n) is 13.4. The molecule has 0 aromatic carbocycles. The number of carbonyl (C=O) groups excluding carboxylic acids is 1. The predicted molar refractivity (Wildman–Crippen MR) is 87.7 cm³/mol. The lowest BCUT2D eigenvalue weighted by Gasteiger charge is -2.37. The van der Waals surface area contributed by atoms with Gasteiger partial charge in [0, 0.05) is 37.3 Å². The summed E-state index contributed by atoms with van der Waals surface area (Å²) in [5, 5.41) is 0. The summed E-state index contributed by atoms with van der Waals surface area (Å²) in [7, 11) is 1.60. The molecule has 0 amide bonds. The number of Topliss-reactive ketones (excluding diaryl/α,β-unsaturated/α-hetero) is 1. The molecular formula is C19H20N2O2. The molecule has 1 saturated heterocycles. The van der Waals surface area contributed by atoms with Crippen LogP contribution in [0.15, 0.2) is 17.8 Å². The molecule has 1 aliphatic heterocycles. The van der Waals surface area contributed by atoms with Crippen LogP contribution in [0.25, 0.3) is 5.70 Å². The summed E-state index contributed by atoms with van der Waals surface area (Å²) < 4.78 is 5.27. The Balaban J connectivity index is 1.77. The average molecular weight is 308 g/mol. The van der Waals surface area contributed by atoms with Crippen molar-refractivity contribution in [1.29, 1.82) is 0 Å². The highest BCUT2D eigenvalue weighted by molar-refractivity contribution is 6.10. The monoisotopic (exact) mass is 308 g/mol. The number of hydrogen-bond acceptors (Lipinski definition) is 4. The first-order valence-corrected chi connectivity index (χ1v) is 8.18. The van der Waals surface area contributed by atoms with Crippen LogP contribution in [0.4, 0.5) is 0 Å². The Bertz CT molecular complexity index is 743. The van der Waals surface area contributed by atoms with Gasteiger partial charge in [-0.1, -0.05) is 5.92 Å². The highest BCUT2D eigenvalue weighted by Gasteiger charge is 2.45. The molecule has 4 heteroatoms. The fourth-order valence-electron chi connectivity index (χ4n) is 3.82. The van der Waals surface area contributed by atoms with E-state index in [1.807, 2.05) is 6.07 Å². The molecule has 0 bridgehead atoms. The highest BCUT2D eigenvalue weighted by Crippen LogP contribution is 2.54. The van der Waals surface area contributed by atoms with E-state index in [1.165, 1.54) is 25.7 Å². The molecule has 2 fully saturated rings. The number of rotatable bonds is 2. The van der Waals surface area contributed by atoms with E-state index in [-0.39, 0.29) is 5.78 Å². The minimum absolute atomic E-state index is 0.0219. The quantitative estimate of drug-likeness (QED) is 0.787. The lowest BCUT2D eigenvalue weighted by Crippen LogP contribution is -2.36. The number of methoxy groups -OCH3 is 1. The molecule has 0 unspecified atom stereocenters. The van der Waals surface area contributed by atoms with E-state index in [1.54, 1.807) is 13.3 Å². The van der Waals surface area contributed by atoms with Crippen LogP contribution in [0.1, 0.15) is 36.8 Å². The first-order valence-electron chi connectivity index (χ1n) is 8.18. The fourth-order valence-corrected chi connectivity index (χ4v) is 3.82. The maximum absolute atomic E-state index is 12.4.